The average molecular weight is 286 g/mol. The van der Waals surface area contributed by atoms with E-state index in [1.54, 1.807) is 4.90 Å². The Balaban J connectivity index is 2.24. The molecule has 104 valence electrons. The van der Waals surface area contributed by atoms with E-state index in [4.69, 9.17) is 11.6 Å². The van der Waals surface area contributed by atoms with E-state index in [-0.39, 0.29) is 30.0 Å². The van der Waals surface area contributed by atoms with Crippen LogP contribution >= 0.6 is 11.6 Å². The first-order valence-corrected chi connectivity index (χ1v) is 6.77. The maximum absolute atomic E-state index is 13.7. The quantitative estimate of drug-likeness (QED) is 0.908. The van der Waals surface area contributed by atoms with E-state index < -0.39 is 5.82 Å². The van der Waals surface area contributed by atoms with E-state index >= 15 is 0 Å². The van der Waals surface area contributed by atoms with Crippen molar-refractivity contribution in [3.63, 3.8) is 0 Å². The van der Waals surface area contributed by atoms with Crippen molar-refractivity contribution in [3.8, 4) is 0 Å². The minimum absolute atomic E-state index is 0.00191. The number of nitrogens with zero attached hydrogens (tertiary/aromatic N) is 1. The van der Waals surface area contributed by atoms with E-state index in [2.05, 4.69) is 0 Å². The van der Waals surface area contributed by atoms with Crippen LogP contribution in [0.15, 0.2) is 18.2 Å². The highest BCUT2D eigenvalue weighted by Gasteiger charge is 2.30. The van der Waals surface area contributed by atoms with Crippen molar-refractivity contribution >= 4 is 17.5 Å². The third kappa shape index (κ3) is 3.07. The lowest BCUT2D eigenvalue weighted by Gasteiger charge is -2.37. The molecule has 1 N–H and O–H groups in total. The maximum Gasteiger partial charge on any atom is 0.257 e. The minimum atomic E-state index is -0.562. The molecule has 0 aromatic heterocycles. The Labute approximate surface area is 117 Å². The fourth-order valence-electron chi connectivity index (χ4n) is 2.43. The molecule has 1 amide bonds. The molecule has 0 saturated carbocycles. The number of hydrogen-bond donors (Lipinski definition) is 1. The van der Waals surface area contributed by atoms with Gasteiger partial charge < -0.3 is 10.0 Å². The van der Waals surface area contributed by atoms with Crippen LogP contribution in [0.4, 0.5) is 4.39 Å². The molecule has 2 rings (SSSR count). The van der Waals surface area contributed by atoms with Gasteiger partial charge in [-0.05, 0) is 43.9 Å². The number of aliphatic hydroxyl groups is 1. The second-order valence-corrected chi connectivity index (χ2v) is 5.49. The zero-order chi connectivity index (χ0) is 14.0. The van der Waals surface area contributed by atoms with Gasteiger partial charge in [0.2, 0.25) is 0 Å². The Morgan fingerprint density at radius 3 is 2.95 bits per heavy atom. The minimum Gasteiger partial charge on any atom is -0.396 e. The second-order valence-electron chi connectivity index (χ2n) is 5.06. The summed E-state index contributed by atoms with van der Waals surface area (Å²) in [4.78, 5) is 14.0. The normalized spacial score (nSPS) is 23.5. The Hall–Kier alpha value is -1.13. The third-order valence-corrected chi connectivity index (χ3v) is 3.89. The number of aliphatic hydroxyl groups excluding tert-OH is 1. The summed E-state index contributed by atoms with van der Waals surface area (Å²) in [5.41, 5.74) is -0.00191. The monoisotopic (exact) mass is 285 g/mol. The SMILES string of the molecule is CC1CCC(CO)CN1C(=O)c1cc(Cl)ccc1F. The van der Waals surface area contributed by atoms with Crippen LogP contribution in [0.2, 0.25) is 5.02 Å². The topological polar surface area (TPSA) is 40.5 Å². The van der Waals surface area contributed by atoms with Gasteiger partial charge in [-0.3, -0.25) is 4.79 Å². The number of amides is 1. The van der Waals surface area contributed by atoms with Crippen LogP contribution in [-0.4, -0.2) is 35.1 Å². The van der Waals surface area contributed by atoms with Gasteiger partial charge in [-0.15, -0.1) is 0 Å². The predicted molar refractivity (Wildman–Crippen MR) is 71.7 cm³/mol. The van der Waals surface area contributed by atoms with Crippen molar-refractivity contribution < 1.29 is 14.3 Å². The summed E-state index contributed by atoms with van der Waals surface area (Å²) in [7, 11) is 0. The summed E-state index contributed by atoms with van der Waals surface area (Å²) in [6.07, 6.45) is 1.71. The summed E-state index contributed by atoms with van der Waals surface area (Å²) in [5, 5.41) is 9.55. The highest BCUT2D eigenvalue weighted by Crippen LogP contribution is 2.25. The predicted octanol–water partition coefficient (Wildman–Crippen LogP) is 2.71. The second kappa shape index (κ2) is 5.88. The van der Waals surface area contributed by atoms with Gasteiger partial charge >= 0.3 is 0 Å². The smallest absolute Gasteiger partial charge is 0.257 e. The molecule has 19 heavy (non-hydrogen) atoms. The molecule has 0 aliphatic carbocycles. The van der Waals surface area contributed by atoms with Crippen LogP contribution in [0.25, 0.3) is 0 Å². The molecule has 0 radical (unpaired) electrons. The van der Waals surface area contributed by atoms with Crippen LogP contribution < -0.4 is 0 Å². The third-order valence-electron chi connectivity index (χ3n) is 3.66. The van der Waals surface area contributed by atoms with Crippen LogP contribution in [0.5, 0.6) is 0 Å². The number of hydrogen-bond acceptors (Lipinski definition) is 2. The van der Waals surface area contributed by atoms with Gasteiger partial charge in [0.05, 0.1) is 5.56 Å². The van der Waals surface area contributed by atoms with Crippen molar-refractivity contribution in [2.45, 2.75) is 25.8 Å². The van der Waals surface area contributed by atoms with Gasteiger partial charge in [0, 0.05) is 24.2 Å². The number of likely N-dealkylation sites (tertiary alicyclic amines) is 1. The zero-order valence-electron chi connectivity index (χ0n) is 10.8. The Kier molecular flexibility index (Phi) is 4.42. The number of benzene rings is 1. The van der Waals surface area contributed by atoms with Crippen molar-refractivity contribution in [3.05, 3.63) is 34.6 Å². The lowest BCUT2D eigenvalue weighted by atomic mass is 9.93. The largest absolute Gasteiger partial charge is 0.396 e. The van der Waals surface area contributed by atoms with Crippen molar-refractivity contribution in [2.75, 3.05) is 13.2 Å². The molecular formula is C14H17ClFNO2. The fraction of sp³-hybridized carbons (Fsp3) is 0.500. The van der Waals surface area contributed by atoms with Crippen LogP contribution in [0.1, 0.15) is 30.1 Å². The molecule has 1 heterocycles. The Morgan fingerprint density at radius 2 is 2.26 bits per heavy atom. The van der Waals surface area contributed by atoms with Gasteiger partial charge in [0.1, 0.15) is 5.82 Å². The molecule has 1 fully saturated rings. The Morgan fingerprint density at radius 1 is 1.53 bits per heavy atom. The van der Waals surface area contributed by atoms with Gasteiger partial charge in [-0.25, -0.2) is 4.39 Å². The van der Waals surface area contributed by atoms with Crippen LogP contribution in [0, 0.1) is 11.7 Å². The van der Waals surface area contributed by atoms with E-state index in [9.17, 15) is 14.3 Å². The molecule has 2 unspecified atom stereocenters. The van der Waals surface area contributed by atoms with Gasteiger partial charge in [-0.1, -0.05) is 11.6 Å². The number of piperidine rings is 1. The van der Waals surface area contributed by atoms with Crippen molar-refractivity contribution in [1.82, 2.24) is 4.90 Å². The highest BCUT2D eigenvalue weighted by atomic mass is 35.5. The first kappa shape index (κ1) is 14.3. The molecule has 1 saturated heterocycles. The molecule has 2 atom stereocenters. The van der Waals surface area contributed by atoms with E-state index in [0.29, 0.717) is 11.6 Å². The first-order valence-electron chi connectivity index (χ1n) is 6.39. The summed E-state index contributed by atoms with van der Waals surface area (Å²) in [6.45, 7) is 2.45. The highest BCUT2D eigenvalue weighted by molar-refractivity contribution is 6.31. The lowest BCUT2D eigenvalue weighted by Crippen LogP contribution is -2.46. The molecule has 5 heteroatoms. The van der Waals surface area contributed by atoms with Crippen molar-refractivity contribution in [2.24, 2.45) is 5.92 Å². The van der Waals surface area contributed by atoms with E-state index in [0.717, 1.165) is 12.8 Å². The first-order chi connectivity index (χ1) is 9.02. The molecule has 1 aliphatic heterocycles. The number of halogens is 2. The van der Waals surface area contributed by atoms with Crippen molar-refractivity contribution in [1.29, 1.82) is 0 Å². The zero-order valence-corrected chi connectivity index (χ0v) is 11.5. The lowest BCUT2D eigenvalue weighted by molar-refractivity contribution is 0.0484. The molecule has 1 aliphatic rings. The van der Waals surface area contributed by atoms with Gasteiger partial charge in [-0.2, -0.15) is 0 Å². The Bertz CT molecular complexity index is 481. The van der Waals surface area contributed by atoms with Crippen LogP contribution in [0.3, 0.4) is 0 Å². The fourth-order valence-corrected chi connectivity index (χ4v) is 2.60. The average Bonchev–Trinajstić information content (AvgIpc) is 2.41. The van der Waals surface area contributed by atoms with E-state index in [1.807, 2.05) is 6.92 Å². The number of carbonyl (C=O) groups excluding carboxylic acids is 1. The van der Waals surface area contributed by atoms with E-state index in [1.165, 1.54) is 18.2 Å². The number of carbonyl (C=O) groups is 1. The van der Waals surface area contributed by atoms with Gasteiger partial charge in [0.25, 0.3) is 5.91 Å². The summed E-state index contributed by atoms with van der Waals surface area (Å²) < 4.78 is 13.7. The van der Waals surface area contributed by atoms with Crippen LogP contribution in [-0.2, 0) is 0 Å². The maximum atomic E-state index is 13.7. The molecule has 1 aromatic carbocycles. The molecule has 0 bridgehead atoms. The summed E-state index contributed by atoms with van der Waals surface area (Å²) >= 11 is 5.81. The molecule has 0 spiro atoms. The van der Waals surface area contributed by atoms with Gasteiger partial charge in [0.15, 0.2) is 0 Å². The number of rotatable bonds is 2. The molecule has 1 aromatic rings. The standard InChI is InChI=1S/C14H17ClFNO2/c1-9-2-3-10(8-18)7-17(9)14(19)12-6-11(15)4-5-13(12)16/h4-6,9-10,18H,2-3,7-8H2,1H3. The molecular weight excluding hydrogens is 269 g/mol. The summed E-state index contributed by atoms with van der Waals surface area (Å²) in [6, 6.07) is 4.03. The summed E-state index contributed by atoms with van der Waals surface area (Å²) in [5.74, 6) is -0.847. The molecule has 3 nitrogen and oxygen atoms in total.